The van der Waals surface area contributed by atoms with Crippen LogP contribution in [0, 0.1) is 12.7 Å². The molecule has 0 saturated carbocycles. The number of benzene rings is 1. The van der Waals surface area contributed by atoms with Crippen molar-refractivity contribution in [2.45, 2.75) is 32.7 Å². The number of rotatable bonds is 4. The van der Waals surface area contributed by atoms with Crippen LogP contribution in [-0.2, 0) is 0 Å². The molecule has 1 atom stereocenters. The second kappa shape index (κ2) is 7.83. The molecular weight excluding hydrogens is 263 g/mol. The van der Waals surface area contributed by atoms with Crippen molar-refractivity contribution in [3.8, 4) is 0 Å². The van der Waals surface area contributed by atoms with Crippen molar-refractivity contribution in [2.75, 3.05) is 26.2 Å². The average molecular weight is 287 g/mol. The van der Waals surface area contributed by atoms with Crippen LogP contribution in [0.15, 0.2) is 18.2 Å². The Hall–Kier alpha value is -0.640. The van der Waals surface area contributed by atoms with Gasteiger partial charge in [0.2, 0.25) is 0 Å². The molecule has 0 bridgehead atoms. The lowest BCUT2D eigenvalue weighted by molar-refractivity contribution is 0.164. The minimum Gasteiger partial charge on any atom is -0.314 e. The van der Waals surface area contributed by atoms with Gasteiger partial charge in [-0.05, 0) is 30.5 Å². The first kappa shape index (κ1) is 16.4. The van der Waals surface area contributed by atoms with Gasteiger partial charge in [0.25, 0.3) is 0 Å². The zero-order valence-corrected chi connectivity index (χ0v) is 12.6. The summed E-state index contributed by atoms with van der Waals surface area (Å²) in [6.07, 6.45) is 2.30. The summed E-state index contributed by atoms with van der Waals surface area (Å²) in [5.41, 5.74) is 2.02. The summed E-state index contributed by atoms with van der Waals surface area (Å²) in [5.74, 6) is -0.102. The van der Waals surface area contributed by atoms with E-state index in [1.807, 2.05) is 19.1 Å². The standard InChI is InChI=1S/C15H23FN2.ClH/c1-3-4-15(18-9-7-17-8-10-18)13-5-6-14(16)12(2)11-13;/h5-6,11,15,17H,3-4,7-10H2,1-2H3;1H/t15-;/m0./s1. The van der Waals surface area contributed by atoms with Crippen molar-refractivity contribution in [2.24, 2.45) is 0 Å². The number of piperazine rings is 1. The summed E-state index contributed by atoms with van der Waals surface area (Å²) in [6, 6.07) is 6.01. The molecule has 1 aromatic rings. The zero-order chi connectivity index (χ0) is 13.0. The molecule has 19 heavy (non-hydrogen) atoms. The lowest BCUT2D eigenvalue weighted by Crippen LogP contribution is -2.45. The molecule has 1 aromatic carbocycles. The van der Waals surface area contributed by atoms with E-state index in [0.717, 1.165) is 44.6 Å². The first-order valence-corrected chi connectivity index (χ1v) is 6.93. The van der Waals surface area contributed by atoms with Gasteiger partial charge in [0, 0.05) is 32.2 Å². The predicted molar refractivity (Wildman–Crippen MR) is 80.5 cm³/mol. The normalized spacial score (nSPS) is 17.8. The molecule has 0 spiro atoms. The van der Waals surface area contributed by atoms with Gasteiger partial charge in [0.15, 0.2) is 0 Å². The average Bonchev–Trinajstić information content (AvgIpc) is 2.40. The van der Waals surface area contributed by atoms with E-state index in [1.165, 1.54) is 5.56 Å². The second-order valence-electron chi connectivity index (χ2n) is 5.10. The highest BCUT2D eigenvalue weighted by atomic mass is 35.5. The molecule has 0 aliphatic carbocycles. The van der Waals surface area contributed by atoms with Crippen LogP contribution in [0.25, 0.3) is 0 Å². The Bertz CT molecular complexity index is 392. The van der Waals surface area contributed by atoms with Gasteiger partial charge in [-0.1, -0.05) is 25.5 Å². The molecule has 1 N–H and O–H groups in total. The molecule has 2 nitrogen and oxygen atoms in total. The van der Waals surface area contributed by atoms with E-state index >= 15 is 0 Å². The number of hydrogen-bond acceptors (Lipinski definition) is 2. The predicted octanol–water partition coefficient (Wildman–Crippen LogP) is 3.30. The topological polar surface area (TPSA) is 15.3 Å². The molecule has 0 radical (unpaired) electrons. The Morgan fingerprint density at radius 1 is 1.32 bits per heavy atom. The zero-order valence-electron chi connectivity index (χ0n) is 11.8. The molecule has 0 unspecified atom stereocenters. The first-order chi connectivity index (χ1) is 8.72. The number of nitrogens with zero attached hydrogens (tertiary/aromatic N) is 1. The molecule has 4 heteroatoms. The molecular formula is C15H24ClFN2. The summed E-state index contributed by atoms with van der Waals surface area (Å²) < 4.78 is 13.4. The molecule has 0 amide bonds. The van der Waals surface area contributed by atoms with Gasteiger partial charge in [-0.25, -0.2) is 4.39 Å². The maximum Gasteiger partial charge on any atom is 0.126 e. The highest BCUT2D eigenvalue weighted by Crippen LogP contribution is 2.27. The highest BCUT2D eigenvalue weighted by Gasteiger charge is 2.21. The Morgan fingerprint density at radius 2 is 2.00 bits per heavy atom. The smallest absolute Gasteiger partial charge is 0.126 e. The SMILES string of the molecule is CCC[C@@H](c1ccc(F)c(C)c1)N1CCNCC1.Cl. The third-order valence-corrected chi connectivity index (χ3v) is 3.72. The van der Waals surface area contributed by atoms with Crippen LogP contribution >= 0.6 is 12.4 Å². The van der Waals surface area contributed by atoms with E-state index in [4.69, 9.17) is 0 Å². The van der Waals surface area contributed by atoms with Gasteiger partial charge in [0.1, 0.15) is 5.82 Å². The van der Waals surface area contributed by atoms with Crippen LogP contribution in [0.5, 0.6) is 0 Å². The highest BCUT2D eigenvalue weighted by molar-refractivity contribution is 5.85. The van der Waals surface area contributed by atoms with Crippen LogP contribution in [0.3, 0.4) is 0 Å². The van der Waals surface area contributed by atoms with Crippen molar-refractivity contribution in [3.05, 3.63) is 35.1 Å². The Kier molecular flexibility index (Phi) is 6.76. The number of nitrogens with one attached hydrogen (secondary N) is 1. The molecule has 2 rings (SSSR count). The van der Waals surface area contributed by atoms with Gasteiger partial charge < -0.3 is 5.32 Å². The maximum atomic E-state index is 13.4. The second-order valence-corrected chi connectivity index (χ2v) is 5.10. The van der Waals surface area contributed by atoms with Crippen LogP contribution < -0.4 is 5.32 Å². The van der Waals surface area contributed by atoms with Gasteiger partial charge in [-0.3, -0.25) is 4.90 Å². The minimum atomic E-state index is -0.102. The first-order valence-electron chi connectivity index (χ1n) is 6.93. The molecule has 1 fully saturated rings. The lowest BCUT2D eigenvalue weighted by atomic mass is 9.98. The van der Waals surface area contributed by atoms with Gasteiger partial charge >= 0.3 is 0 Å². The molecule has 1 heterocycles. The van der Waals surface area contributed by atoms with Crippen LogP contribution in [0.2, 0.25) is 0 Å². The van der Waals surface area contributed by atoms with Crippen LogP contribution in [0.4, 0.5) is 4.39 Å². The molecule has 108 valence electrons. The van der Waals surface area contributed by atoms with Crippen LogP contribution in [0.1, 0.15) is 36.9 Å². The molecule has 1 aliphatic rings. The third-order valence-electron chi connectivity index (χ3n) is 3.72. The quantitative estimate of drug-likeness (QED) is 0.914. The van der Waals surface area contributed by atoms with Gasteiger partial charge in [0.05, 0.1) is 0 Å². The molecule has 1 aliphatic heterocycles. The van der Waals surface area contributed by atoms with Gasteiger partial charge in [-0.15, -0.1) is 12.4 Å². The van der Waals surface area contributed by atoms with Crippen molar-refractivity contribution in [3.63, 3.8) is 0 Å². The molecule has 0 aromatic heterocycles. The number of aryl methyl sites for hydroxylation is 1. The lowest BCUT2D eigenvalue weighted by Gasteiger charge is -2.35. The van der Waals surface area contributed by atoms with Crippen LogP contribution in [-0.4, -0.2) is 31.1 Å². The summed E-state index contributed by atoms with van der Waals surface area (Å²) in [6.45, 7) is 8.34. The fraction of sp³-hybridized carbons (Fsp3) is 0.600. The Morgan fingerprint density at radius 3 is 2.58 bits per heavy atom. The Labute approximate surface area is 121 Å². The Balaban J connectivity index is 0.00000180. The molecule has 1 saturated heterocycles. The fourth-order valence-electron chi connectivity index (χ4n) is 2.70. The van der Waals surface area contributed by atoms with Crippen molar-refractivity contribution in [1.29, 1.82) is 0 Å². The summed E-state index contributed by atoms with van der Waals surface area (Å²) in [5, 5.41) is 3.38. The van der Waals surface area contributed by atoms with E-state index in [2.05, 4.69) is 17.1 Å². The van der Waals surface area contributed by atoms with E-state index < -0.39 is 0 Å². The third kappa shape index (κ3) is 4.16. The number of halogens is 2. The van der Waals surface area contributed by atoms with E-state index in [9.17, 15) is 4.39 Å². The van der Waals surface area contributed by atoms with E-state index in [1.54, 1.807) is 6.07 Å². The van der Waals surface area contributed by atoms with E-state index in [0.29, 0.717) is 6.04 Å². The van der Waals surface area contributed by atoms with Crippen molar-refractivity contribution < 1.29 is 4.39 Å². The summed E-state index contributed by atoms with van der Waals surface area (Å²) in [7, 11) is 0. The minimum absolute atomic E-state index is 0. The summed E-state index contributed by atoms with van der Waals surface area (Å²) in [4.78, 5) is 2.52. The van der Waals surface area contributed by atoms with E-state index in [-0.39, 0.29) is 18.2 Å². The monoisotopic (exact) mass is 286 g/mol. The fourth-order valence-corrected chi connectivity index (χ4v) is 2.70. The number of hydrogen-bond donors (Lipinski definition) is 1. The summed E-state index contributed by atoms with van der Waals surface area (Å²) >= 11 is 0. The van der Waals surface area contributed by atoms with Crippen molar-refractivity contribution in [1.82, 2.24) is 10.2 Å². The van der Waals surface area contributed by atoms with Gasteiger partial charge in [-0.2, -0.15) is 0 Å². The maximum absolute atomic E-state index is 13.4. The largest absolute Gasteiger partial charge is 0.314 e. The van der Waals surface area contributed by atoms with Crippen molar-refractivity contribution >= 4 is 12.4 Å².